The number of hydrogen-bond acceptors (Lipinski definition) is 4. The first-order valence-electron chi connectivity index (χ1n) is 7.25. The molecule has 0 saturated heterocycles. The molecule has 0 aliphatic heterocycles. The number of esters is 1. The highest BCUT2D eigenvalue weighted by molar-refractivity contribution is 5.90. The van der Waals surface area contributed by atoms with Crippen LogP contribution >= 0.6 is 0 Å². The topological polar surface area (TPSA) is 69.4 Å². The molecule has 3 rings (SSSR count). The number of carbonyl (C=O) groups is 1. The van der Waals surface area contributed by atoms with Crippen LogP contribution in [-0.2, 0) is 4.74 Å². The minimum Gasteiger partial charge on any atom is -0.427 e. The molecule has 0 radical (unpaired) electrons. The van der Waals surface area contributed by atoms with E-state index in [1.54, 1.807) is 0 Å². The molecule has 2 bridgehead atoms. The molecule has 22 heavy (non-hydrogen) atoms. The van der Waals surface area contributed by atoms with E-state index >= 15 is 0 Å². The zero-order chi connectivity index (χ0) is 15.9. The Balaban J connectivity index is 1.78. The average Bonchev–Trinajstić information content (AvgIpc) is 2.91. The third kappa shape index (κ3) is 2.43. The predicted octanol–water partition coefficient (Wildman–Crippen LogP) is 3.87. The predicted molar refractivity (Wildman–Crippen MR) is 81.1 cm³/mol. The summed E-state index contributed by atoms with van der Waals surface area (Å²) in [6, 6.07) is 5.46. The fraction of sp³-hybridized carbons (Fsp3) is 0.353. The first kappa shape index (κ1) is 14.5. The SMILES string of the molecule is CC1(C)C(OC(=O)c2ccc([N+](=O)[O-])cc2)=C[C@H]2C=C[C@@H]1C2. The Labute approximate surface area is 128 Å². The van der Waals surface area contributed by atoms with E-state index in [1.807, 2.05) is 6.08 Å². The van der Waals surface area contributed by atoms with Gasteiger partial charge in [-0.3, -0.25) is 10.1 Å². The second kappa shape index (κ2) is 5.09. The van der Waals surface area contributed by atoms with E-state index in [-0.39, 0.29) is 11.1 Å². The molecular weight excluding hydrogens is 282 g/mol. The minimum absolute atomic E-state index is 0.0454. The van der Waals surface area contributed by atoms with E-state index in [9.17, 15) is 14.9 Å². The molecule has 0 heterocycles. The smallest absolute Gasteiger partial charge is 0.343 e. The summed E-state index contributed by atoms with van der Waals surface area (Å²) in [4.78, 5) is 22.4. The highest BCUT2D eigenvalue weighted by Gasteiger charge is 2.41. The molecule has 0 saturated carbocycles. The van der Waals surface area contributed by atoms with E-state index in [0.29, 0.717) is 23.2 Å². The van der Waals surface area contributed by atoms with Crippen molar-refractivity contribution in [2.75, 3.05) is 0 Å². The third-order valence-electron chi connectivity index (χ3n) is 4.56. The van der Waals surface area contributed by atoms with Crippen LogP contribution in [-0.4, -0.2) is 10.9 Å². The molecule has 2 atom stereocenters. The highest BCUT2D eigenvalue weighted by Crippen LogP contribution is 2.48. The van der Waals surface area contributed by atoms with Crippen LogP contribution < -0.4 is 0 Å². The molecule has 0 fully saturated rings. The number of hydrogen-bond donors (Lipinski definition) is 0. The van der Waals surface area contributed by atoms with Gasteiger partial charge >= 0.3 is 5.97 Å². The number of benzene rings is 1. The van der Waals surface area contributed by atoms with Crippen LogP contribution in [0, 0.1) is 27.4 Å². The molecule has 5 heteroatoms. The van der Waals surface area contributed by atoms with E-state index in [2.05, 4.69) is 26.0 Å². The van der Waals surface area contributed by atoms with Crippen molar-refractivity contribution < 1.29 is 14.5 Å². The quantitative estimate of drug-likeness (QED) is 0.368. The van der Waals surface area contributed by atoms with Crippen LogP contribution in [0.15, 0.2) is 48.3 Å². The van der Waals surface area contributed by atoms with Gasteiger partial charge in [0.2, 0.25) is 0 Å². The number of fused-ring (bicyclic) bond motifs is 2. The maximum atomic E-state index is 12.3. The van der Waals surface area contributed by atoms with Crippen LogP contribution in [0.4, 0.5) is 5.69 Å². The van der Waals surface area contributed by atoms with Gasteiger partial charge < -0.3 is 4.74 Å². The molecule has 0 spiro atoms. The number of nitrogens with zero attached hydrogens (tertiary/aromatic N) is 1. The van der Waals surface area contributed by atoms with Gasteiger partial charge in [0, 0.05) is 17.5 Å². The van der Waals surface area contributed by atoms with E-state index in [4.69, 9.17) is 4.74 Å². The van der Waals surface area contributed by atoms with Crippen LogP contribution in [0.2, 0.25) is 0 Å². The maximum absolute atomic E-state index is 12.3. The molecule has 0 unspecified atom stereocenters. The molecule has 2 aliphatic carbocycles. The number of rotatable bonds is 3. The lowest BCUT2D eigenvalue weighted by molar-refractivity contribution is -0.384. The summed E-state index contributed by atoms with van der Waals surface area (Å²) in [7, 11) is 0. The number of nitro benzene ring substituents is 1. The Bertz CT molecular complexity index is 685. The fourth-order valence-electron chi connectivity index (χ4n) is 3.02. The summed E-state index contributed by atoms with van der Waals surface area (Å²) in [5, 5.41) is 10.6. The molecule has 1 aromatic rings. The van der Waals surface area contributed by atoms with Crippen LogP contribution in [0.25, 0.3) is 0 Å². The molecule has 114 valence electrons. The lowest BCUT2D eigenvalue weighted by Crippen LogP contribution is -2.30. The van der Waals surface area contributed by atoms with Crippen LogP contribution in [0.3, 0.4) is 0 Å². The van der Waals surface area contributed by atoms with Gasteiger partial charge in [-0.1, -0.05) is 26.0 Å². The third-order valence-corrected chi connectivity index (χ3v) is 4.56. The van der Waals surface area contributed by atoms with Gasteiger partial charge in [0.1, 0.15) is 5.76 Å². The molecule has 1 aromatic carbocycles. The summed E-state index contributed by atoms with van der Waals surface area (Å²) in [6.07, 6.45) is 7.40. The van der Waals surface area contributed by atoms with Crippen molar-refractivity contribution in [3.8, 4) is 0 Å². The van der Waals surface area contributed by atoms with Crippen molar-refractivity contribution in [1.29, 1.82) is 0 Å². The first-order valence-corrected chi connectivity index (χ1v) is 7.25. The van der Waals surface area contributed by atoms with Gasteiger partial charge in [-0.25, -0.2) is 4.79 Å². The average molecular weight is 299 g/mol. The Hall–Kier alpha value is -2.43. The lowest BCUT2D eigenvalue weighted by atomic mass is 9.72. The van der Waals surface area contributed by atoms with Crippen molar-refractivity contribution in [1.82, 2.24) is 0 Å². The van der Waals surface area contributed by atoms with Gasteiger partial charge in [0.05, 0.1) is 10.5 Å². The van der Waals surface area contributed by atoms with Crippen molar-refractivity contribution in [3.63, 3.8) is 0 Å². The minimum atomic E-state index is -0.495. The first-order chi connectivity index (χ1) is 10.4. The molecule has 0 N–H and O–H groups in total. The van der Waals surface area contributed by atoms with E-state index < -0.39 is 10.9 Å². The summed E-state index contributed by atoms with van der Waals surface area (Å²) >= 11 is 0. The van der Waals surface area contributed by atoms with Gasteiger partial charge in [-0.05, 0) is 36.5 Å². The second-order valence-corrected chi connectivity index (χ2v) is 6.34. The molecule has 2 aliphatic rings. The van der Waals surface area contributed by atoms with Gasteiger partial charge in [-0.2, -0.15) is 0 Å². The Kier molecular flexibility index (Phi) is 3.35. The molecular formula is C17H17NO4. The Morgan fingerprint density at radius 2 is 1.95 bits per heavy atom. The van der Waals surface area contributed by atoms with E-state index in [0.717, 1.165) is 6.42 Å². The maximum Gasteiger partial charge on any atom is 0.343 e. The standard InChI is InChI=1S/C17H17NO4/c1-17(2)13-6-3-11(9-13)10-15(17)22-16(19)12-4-7-14(8-5-12)18(20)21/h3-8,10-11,13H,9H2,1-2H3/t11-,13+/m0/s1. The number of non-ortho nitro benzene ring substituents is 1. The van der Waals surface area contributed by atoms with Gasteiger partial charge in [0.15, 0.2) is 0 Å². The van der Waals surface area contributed by atoms with Crippen molar-refractivity contribution in [2.45, 2.75) is 20.3 Å². The number of ether oxygens (including phenoxy) is 1. The normalized spacial score (nSPS) is 24.7. The summed E-state index contributed by atoms with van der Waals surface area (Å²) in [5.74, 6) is 0.914. The number of allylic oxidation sites excluding steroid dienone is 4. The van der Waals surface area contributed by atoms with Crippen molar-refractivity contribution >= 4 is 11.7 Å². The summed E-state index contributed by atoms with van der Waals surface area (Å²) < 4.78 is 5.59. The van der Waals surface area contributed by atoms with Crippen molar-refractivity contribution in [3.05, 3.63) is 63.9 Å². The zero-order valence-corrected chi connectivity index (χ0v) is 12.5. The number of nitro groups is 1. The number of carbonyl (C=O) groups excluding carboxylic acids is 1. The highest BCUT2D eigenvalue weighted by atomic mass is 16.6. The monoisotopic (exact) mass is 299 g/mol. The van der Waals surface area contributed by atoms with Crippen LogP contribution in [0.1, 0.15) is 30.6 Å². The summed E-state index contributed by atoms with van der Waals surface area (Å²) in [6.45, 7) is 4.14. The zero-order valence-electron chi connectivity index (χ0n) is 12.5. The second-order valence-electron chi connectivity index (χ2n) is 6.34. The molecule has 5 nitrogen and oxygen atoms in total. The molecule has 0 amide bonds. The Morgan fingerprint density at radius 1 is 1.27 bits per heavy atom. The largest absolute Gasteiger partial charge is 0.427 e. The lowest BCUT2D eigenvalue weighted by Gasteiger charge is -2.36. The Morgan fingerprint density at radius 3 is 2.59 bits per heavy atom. The van der Waals surface area contributed by atoms with Crippen molar-refractivity contribution in [2.24, 2.45) is 17.3 Å². The summed E-state index contributed by atoms with van der Waals surface area (Å²) in [5.41, 5.74) is 0.0455. The van der Waals surface area contributed by atoms with Crippen LogP contribution in [0.5, 0.6) is 0 Å². The van der Waals surface area contributed by atoms with Gasteiger partial charge in [0.25, 0.3) is 5.69 Å². The van der Waals surface area contributed by atoms with Gasteiger partial charge in [-0.15, -0.1) is 0 Å². The molecule has 0 aromatic heterocycles. The fourth-order valence-corrected chi connectivity index (χ4v) is 3.02. The van der Waals surface area contributed by atoms with E-state index in [1.165, 1.54) is 24.3 Å².